The summed E-state index contributed by atoms with van der Waals surface area (Å²) in [6.45, 7) is 3.55. The third-order valence-electron chi connectivity index (χ3n) is 5.52. The Kier molecular flexibility index (Phi) is 6.37. The molecule has 148 valence electrons. The van der Waals surface area contributed by atoms with Crippen LogP contribution in [0, 0.1) is 5.92 Å². The van der Waals surface area contributed by atoms with Crippen LogP contribution in [0.3, 0.4) is 0 Å². The van der Waals surface area contributed by atoms with E-state index >= 15 is 0 Å². The van der Waals surface area contributed by atoms with Crippen LogP contribution in [0.2, 0.25) is 0 Å². The molecule has 2 heterocycles. The molecular formula is C22H27ClN4O. The topological polar surface area (TPSA) is 64.2 Å². The molecule has 2 aromatic carbocycles. The van der Waals surface area contributed by atoms with Crippen LogP contribution in [-0.2, 0) is 11.2 Å². The summed E-state index contributed by atoms with van der Waals surface area (Å²) in [5.74, 6) is 1.56. The summed E-state index contributed by atoms with van der Waals surface area (Å²) in [5.41, 5.74) is 8.91. The van der Waals surface area contributed by atoms with Crippen molar-refractivity contribution in [2.75, 3.05) is 13.1 Å². The molecule has 0 spiro atoms. The van der Waals surface area contributed by atoms with Crippen LogP contribution in [0.25, 0.3) is 16.7 Å². The van der Waals surface area contributed by atoms with E-state index in [1.54, 1.807) is 0 Å². The number of aromatic nitrogens is 2. The number of imidazole rings is 1. The molecule has 0 bridgehead atoms. The molecule has 2 N–H and O–H groups in total. The average molecular weight is 399 g/mol. The lowest BCUT2D eigenvalue weighted by Gasteiger charge is -2.21. The molecule has 6 heteroatoms. The summed E-state index contributed by atoms with van der Waals surface area (Å²) in [7, 11) is 0. The normalized spacial score (nSPS) is 19.0. The van der Waals surface area contributed by atoms with Crippen LogP contribution in [-0.4, -0.2) is 39.5 Å². The van der Waals surface area contributed by atoms with Gasteiger partial charge in [0.2, 0.25) is 5.91 Å². The van der Waals surface area contributed by atoms with Crippen LogP contribution in [0.5, 0.6) is 0 Å². The third-order valence-corrected chi connectivity index (χ3v) is 5.52. The molecule has 1 fully saturated rings. The Morgan fingerprint density at radius 3 is 2.57 bits per heavy atom. The van der Waals surface area contributed by atoms with Gasteiger partial charge in [0.05, 0.1) is 11.0 Å². The number of likely N-dealkylation sites (tertiary alicyclic amines) is 1. The number of fused-ring (bicyclic) bond motifs is 1. The van der Waals surface area contributed by atoms with E-state index in [2.05, 4.69) is 29.7 Å². The molecule has 0 aliphatic carbocycles. The molecule has 4 rings (SSSR count). The number of hydrogen-bond donors (Lipinski definition) is 1. The molecule has 2 atom stereocenters. The number of carbonyl (C=O) groups is 1. The molecule has 1 aliphatic heterocycles. The fourth-order valence-electron chi connectivity index (χ4n) is 4.13. The Morgan fingerprint density at radius 1 is 1.14 bits per heavy atom. The summed E-state index contributed by atoms with van der Waals surface area (Å²) in [6, 6.07) is 18.6. The quantitative estimate of drug-likeness (QED) is 0.714. The van der Waals surface area contributed by atoms with E-state index in [9.17, 15) is 4.79 Å². The van der Waals surface area contributed by atoms with Gasteiger partial charge in [0.1, 0.15) is 5.82 Å². The maximum atomic E-state index is 12.8. The summed E-state index contributed by atoms with van der Waals surface area (Å²) < 4.78 is 2.17. The molecule has 0 radical (unpaired) electrons. The number of benzene rings is 2. The van der Waals surface area contributed by atoms with Gasteiger partial charge in [0, 0.05) is 31.1 Å². The zero-order valence-electron chi connectivity index (χ0n) is 16.1. The largest absolute Gasteiger partial charge is 0.340 e. The highest BCUT2D eigenvalue weighted by Gasteiger charge is 2.31. The standard InChI is InChI=1S/C22H26N4O.ClH/c1-16-13-17(14-23)15-25(16)22(27)12-11-21-24-19-9-5-6-10-20(19)26(21)18-7-3-2-4-8-18;/h2-10,16-17H,11-15,23H2,1H3;1H. The molecule has 5 nitrogen and oxygen atoms in total. The van der Waals surface area contributed by atoms with Crippen molar-refractivity contribution in [3.05, 3.63) is 60.4 Å². The van der Waals surface area contributed by atoms with E-state index in [0.717, 1.165) is 35.5 Å². The first-order valence-corrected chi connectivity index (χ1v) is 9.68. The second kappa shape index (κ2) is 8.76. The smallest absolute Gasteiger partial charge is 0.223 e. The number of nitrogens with two attached hydrogens (primary N) is 1. The highest BCUT2D eigenvalue weighted by molar-refractivity contribution is 5.85. The van der Waals surface area contributed by atoms with Crippen LogP contribution in [0.15, 0.2) is 54.6 Å². The van der Waals surface area contributed by atoms with Crippen molar-refractivity contribution in [3.8, 4) is 5.69 Å². The van der Waals surface area contributed by atoms with Crippen molar-refractivity contribution in [3.63, 3.8) is 0 Å². The van der Waals surface area contributed by atoms with Crippen molar-refractivity contribution >= 4 is 29.3 Å². The van der Waals surface area contributed by atoms with Crippen molar-refractivity contribution in [1.29, 1.82) is 0 Å². The van der Waals surface area contributed by atoms with Gasteiger partial charge in [0.15, 0.2) is 0 Å². The van der Waals surface area contributed by atoms with Crippen molar-refractivity contribution in [1.82, 2.24) is 14.5 Å². The van der Waals surface area contributed by atoms with Crippen molar-refractivity contribution in [2.24, 2.45) is 11.7 Å². The molecule has 2 unspecified atom stereocenters. The third kappa shape index (κ3) is 3.91. The van der Waals surface area contributed by atoms with Crippen molar-refractivity contribution < 1.29 is 4.79 Å². The maximum Gasteiger partial charge on any atom is 0.223 e. The Labute approximate surface area is 172 Å². The average Bonchev–Trinajstić information content (AvgIpc) is 3.26. The minimum absolute atomic E-state index is 0. The lowest BCUT2D eigenvalue weighted by molar-refractivity contribution is -0.131. The first-order chi connectivity index (χ1) is 13.2. The molecule has 0 saturated carbocycles. The summed E-state index contributed by atoms with van der Waals surface area (Å²) >= 11 is 0. The van der Waals surface area contributed by atoms with Gasteiger partial charge < -0.3 is 10.6 Å². The van der Waals surface area contributed by atoms with Gasteiger partial charge in [-0.05, 0) is 50.1 Å². The van der Waals surface area contributed by atoms with E-state index in [1.807, 2.05) is 41.3 Å². The minimum atomic E-state index is 0. The van der Waals surface area contributed by atoms with Gasteiger partial charge in [-0.15, -0.1) is 12.4 Å². The Bertz CT molecular complexity index is 940. The summed E-state index contributed by atoms with van der Waals surface area (Å²) in [6.07, 6.45) is 2.10. The van der Waals surface area contributed by atoms with E-state index in [4.69, 9.17) is 10.7 Å². The second-order valence-corrected chi connectivity index (χ2v) is 7.42. The monoisotopic (exact) mass is 398 g/mol. The second-order valence-electron chi connectivity index (χ2n) is 7.42. The number of carbonyl (C=O) groups excluding carboxylic acids is 1. The summed E-state index contributed by atoms with van der Waals surface area (Å²) in [4.78, 5) is 19.6. The van der Waals surface area contributed by atoms with Crippen LogP contribution in [0.4, 0.5) is 0 Å². The molecule has 1 saturated heterocycles. The number of nitrogens with zero attached hydrogens (tertiary/aromatic N) is 3. The minimum Gasteiger partial charge on any atom is -0.340 e. The number of hydrogen-bond acceptors (Lipinski definition) is 3. The fraction of sp³-hybridized carbons (Fsp3) is 0.364. The first kappa shape index (κ1) is 20.4. The predicted octanol–water partition coefficient (Wildman–Crippen LogP) is 3.58. The van der Waals surface area contributed by atoms with Gasteiger partial charge in [0.25, 0.3) is 0 Å². The maximum absolute atomic E-state index is 12.8. The number of rotatable bonds is 5. The lowest BCUT2D eigenvalue weighted by Crippen LogP contribution is -2.34. The summed E-state index contributed by atoms with van der Waals surface area (Å²) in [5, 5.41) is 0. The van der Waals surface area contributed by atoms with Crippen LogP contribution < -0.4 is 5.73 Å². The van der Waals surface area contributed by atoms with Crippen LogP contribution >= 0.6 is 12.4 Å². The SMILES string of the molecule is CC1CC(CN)CN1C(=O)CCc1nc2ccccc2n1-c1ccccc1.Cl. The highest BCUT2D eigenvalue weighted by Crippen LogP contribution is 2.25. The molecule has 1 aliphatic rings. The zero-order valence-corrected chi connectivity index (χ0v) is 16.9. The van der Waals surface area contributed by atoms with Crippen LogP contribution in [0.1, 0.15) is 25.6 Å². The fourth-order valence-corrected chi connectivity index (χ4v) is 4.13. The number of para-hydroxylation sites is 3. The molecule has 3 aromatic rings. The van der Waals surface area contributed by atoms with E-state index in [0.29, 0.717) is 25.3 Å². The van der Waals surface area contributed by atoms with Crippen molar-refractivity contribution in [2.45, 2.75) is 32.2 Å². The van der Waals surface area contributed by atoms with E-state index in [1.165, 1.54) is 0 Å². The first-order valence-electron chi connectivity index (χ1n) is 9.68. The van der Waals surface area contributed by atoms with E-state index < -0.39 is 0 Å². The Balaban J connectivity index is 0.00000225. The Morgan fingerprint density at radius 2 is 1.86 bits per heavy atom. The van der Waals surface area contributed by atoms with Gasteiger partial charge in [-0.2, -0.15) is 0 Å². The zero-order chi connectivity index (χ0) is 18.8. The highest BCUT2D eigenvalue weighted by atomic mass is 35.5. The van der Waals surface area contributed by atoms with Gasteiger partial charge in [-0.1, -0.05) is 30.3 Å². The van der Waals surface area contributed by atoms with E-state index in [-0.39, 0.29) is 24.4 Å². The van der Waals surface area contributed by atoms with Gasteiger partial charge in [-0.25, -0.2) is 4.98 Å². The molecule has 1 aromatic heterocycles. The van der Waals surface area contributed by atoms with Gasteiger partial charge in [-0.3, -0.25) is 9.36 Å². The molecule has 1 amide bonds. The Hall–Kier alpha value is -2.37. The molecule has 28 heavy (non-hydrogen) atoms. The molecular weight excluding hydrogens is 372 g/mol. The lowest BCUT2D eigenvalue weighted by atomic mass is 10.1. The van der Waals surface area contributed by atoms with Gasteiger partial charge >= 0.3 is 0 Å². The number of amides is 1. The number of aryl methyl sites for hydroxylation is 1. The number of halogens is 1. The predicted molar refractivity (Wildman–Crippen MR) is 115 cm³/mol.